The van der Waals surface area contributed by atoms with Crippen LogP contribution in [0.25, 0.3) is 15.8 Å². The van der Waals surface area contributed by atoms with E-state index in [9.17, 15) is 4.79 Å². The van der Waals surface area contributed by atoms with Crippen molar-refractivity contribution in [2.75, 3.05) is 0 Å². The highest BCUT2D eigenvalue weighted by Gasteiger charge is 2.03. The number of thiophene rings is 2. The van der Waals surface area contributed by atoms with Crippen molar-refractivity contribution in [2.45, 2.75) is 0 Å². The van der Waals surface area contributed by atoms with E-state index in [1.807, 2.05) is 17.5 Å². The average molecular weight is 347 g/mol. The predicted octanol–water partition coefficient (Wildman–Crippen LogP) is 5.75. The maximum Gasteiger partial charge on any atom is 0.336 e. The number of ether oxygens (including phenoxy) is 1. The van der Waals surface area contributed by atoms with Crippen LogP contribution in [0.2, 0.25) is 5.02 Å². The minimum absolute atomic E-state index is 0.409. The first-order chi connectivity index (χ1) is 10.7. The fourth-order valence-corrected chi connectivity index (χ4v) is 3.67. The molecule has 0 radical (unpaired) electrons. The number of halogens is 1. The van der Waals surface area contributed by atoms with Crippen molar-refractivity contribution < 1.29 is 9.53 Å². The van der Waals surface area contributed by atoms with Crippen LogP contribution in [-0.2, 0) is 4.79 Å². The predicted molar refractivity (Wildman–Crippen MR) is 93.8 cm³/mol. The van der Waals surface area contributed by atoms with Crippen LogP contribution in [0.1, 0.15) is 4.88 Å². The lowest BCUT2D eigenvalue weighted by Crippen LogP contribution is -2.03. The van der Waals surface area contributed by atoms with Crippen LogP contribution in [0, 0.1) is 0 Å². The van der Waals surface area contributed by atoms with Gasteiger partial charge in [-0.2, -0.15) is 0 Å². The van der Waals surface area contributed by atoms with E-state index in [4.69, 9.17) is 16.3 Å². The molecule has 22 heavy (non-hydrogen) atoms. The van der Waals surface area contributed by atoms with Gasteiger partial charge in [-0.15, -0.1) is 22.7 Å². The van der Waals surface area contributed by atoms with Crippen LogP contribution in [0.5, 0.6) is 5.75 Å². The quantitative estimate of drug-likeness (QED) is 0.341. The second-order valence-electron chi connectivity index (χ2n) is 4.39. The Labute approximate surface area is 141 Å². The maximum atomic E-state index is 11.8. The molecule has 2 nitrogen and oxygen atoms in total. The molecule has 2 heterocycles. The Hall–Kier alpha value is -1.88. The number of esters is 1. The number of rotatable bonds is 4. The summed E-state index contributed by atoms with van der Waals surface area (Å²) in [6.45, 7) is 0. The molecular weight excluding hydrogens is 336 g/mol. The highest BCUT2D eigenvalue weighted by Crippen LogP contribution is 2.31. The molecule has 0 fully saturated rings. The van der Waals surface area contributed by atoms with Crippen LogP contribution < -0.4 is 4.74 Å². The van der Waals surface area contributed by atoms with Crippen LogP contribution in [-0.4, -0.2) is 5.97 Å². The molecule has 5 heteroatoms. The van der Waals surface area contributed by atoms with Crippen molar-refractivity contribution in [3.8, 4) is 15.5 Å². The third kappa shape index (κ3) is 3.85. The molecule has 3 aromatic rings. The Morgan fingerprint density at radius 3 is 2.59 bits per heavy atom. The van der Waals surface area contributed by atoms with Gasteiger partial charge in [0.15, 0.2) is 0 Å². The van der Waals surface area contributed by atoms with E-state index in [-0.39, 0.29) is 0 Å². The van der Waals surface area contributed by atoms with Crippen LogP contribution in [0.15, 0.2) is 60.0 Å². The number of carbonyl (C=O) groups is 1. The molecule has 0 bridgehead atoms. The van der Waals surface area contributed by atoms with E-state index in [1.54, 1.807) is 53.0 Å². The highest BCUT2D eigenvalue weighted by molar-refractivity contribution is 7.21. The van der Waals surface area contributed by atoms with E-state index >= 15 is 0 Å². The van der Waals surface area contributed by atoms with Crippen molar-refractivity contribution in [3.05, 3.63) is 69.9 Å². The summed E-state index contributed by atoms with van der Waals surface area (Å²) in [5.74, 6) is 0.0675. The average Bonchev–Trinajstić information content (AvgIpc) is 3.18. The lowest BCUT2D eigenvalue weighted by Gasteiger charge is -2.00. The van der Waals surface area contributed by atoms with E-state index in [2.05, 4.69) is 12.1 Å². The number of hydrogen-bond donors (Lipinski definition) is 0. The summed E-state index contributed by atoms with van der Waals surface area (Å²) in [4.78, 5) is 15.2. The smallest absolute Gasteiger partial charge is 0.336 e. The number of carbonyl (C=O) groups excluding carboxylic acids is 1. The first-order valence-electron chi connectivity index (χ1n) is 6.50. The van der Waals surface area contributed by atoms with Gasteiger partial charge in [0.1, 0.15) is 5.75 Å². The van der Waals surface area contributed by atoms with Gasteiger partial charge in [0.25, 0.3) is 0 Å². The molecule has 0 N–H and O–H groups in total. The van der Waals surface area contributed by atoms with Gasteiger partial charge in [-0.25, -0.2) is 4.79 Å². The molecule has 110 valence electrons. The second-order valence-corrected chi connectivity index (χ2v) is 6.89. The van der Waals surface area contributed by atoms with E-state index < -0.39 is 5.97 Å². The van der Waals surface area contributed by atoms with Gasteiger partial charge in [-0.1, -0.05) is 17.7 Å². The topological polar surface area (TPSA) is 26.3 Å². The van der Waals surface area contributed by atoms with Crippen molar-refractivity contribution in [1.29, 1.82) is 0 Å². The van der Waals surface area contributed by atoms with Crippen molar-refractivity contribution >= 4 is 46.3 Å². The zero-order valence-electron chi connectivity index (χ0n) is 11.4. The Kier molecular flexibility index (Phi) is 4.73. The first kappa shape index (κ1) is 15.0. The van der Waals surface area contributed by atoms with Gasteiger partial charge in [-0.05, 0) is 53.9 Å². The SMILES string of the molecule is O=C(/C=C/c1ccc(-c2cccs2)s1)Oc1ccc(Cl)cc1. The molecule has 0 saturated carbocycles. The molecule has 0 atom stereocenters. The molecule has 0 aliphatic heterocycles. The van der Waals surface area contributed by atoms with Gasteiger partial charge < -0.3 is 4.74 Å². The molecule has 0 aliphatic carbocycles. The number of benzene rings is 1. The summed E-state index contributed by atoms with van der Waals surface area (Å²) in [5.41, 5.74) is 0. The Morgan fingerprint density at radius 1 is 1.05 bits per heavy atom. The lowest BCUT2D eigenvalue weighted by atomic mass is 10.3. The Bertz CT molecular complexity index is 786. The first-order valence-corrected chi connectivity index (χ1v) is 8.57. The molecule has 0 aliphatic rings. The zero-order chi connectivity index (χ0) is 15.4. The van der Waals surface area contributed by atoms with E-state index in [0.717, 1.165) is 4.88 Å². The molecule has 0 unspecified atom stereocenters. The van der Waals surface area contributed by atoms with E-state index in [0.29, 0.717) is 10.8 Å². The summed E-state index contributed by atoms with van der Waals surface area (Å²) < 4.78 is 5.19. The maximum absolute atomic E-state index is 11.8. The molecule has 0 saturated heterocycles. The van der Waals surface area contributed by atoms with Crippen LogP contribution >= 0.6 is 34.3 Å². The summed E-state index contributed by atoms with van der Waals surface area (Å²) in [6.07, 6.45) is 3.19. The van der Waals surface area contributed by atoms with Crippen molar-refractivity contribution in [3.63, 3.8) is 0 Å². The lowest BCUT2D eigenvalue weighted by molar-refractivity contribution is -0.128. The third-order valence-electron chi connectivity index (χ3n) is 2.81. The minimum atomic E-state index is -0.409. The summed E-state index contributed by atoms with van der Waals surface area (Å²) in [7, 11) is 0. The van der Waals surface area contributed by atoms with Gasteiger partial charge >= 0.3 is 5.97 Å². The Morgan fingerprint density at radius 2 is 1.86 bits per heavy atom. The fourth-order valence-electron chi connectivity index (χ4n) is 1.80. The second kappa shape index (κ2) is 6.92. The molecule has 0 amide bonds. The van der Waals surface area contributed by atoms with Crippen molar-refractivity contribution in [2.24, 2.45) is 0 Å². The number of hydrogen-bond acceptors (Lipinski definition) is 4. The molecule has 2 aromatic heterocycles. The molecule has 0 spiro atoms. The van der Waals surface area contributed by atoms with Crippen LogP contribution in [0.3, 0.4) is 0 Å². The van der Waals surface area contributed by atoms with Gasteiger partial charge in [0, 0.05) is 25.7 Å². The van der Waals surface area contributed by atoms with Crippen molar-refractivity contribution in [1.82, 2.24) is 0 Å². The van der Waals surface area contributed by atoms with Gasteiger partial charge in [-0.3, -0.25) is 0 Å². The fraction of sp³-hybridized carbons (Fsp3) is 0. The van der Waals surface area contributed by atoms with Crippen LogP contribution in [0.4, 0.5) is 0 Å². The highest BCUT2D eigenvalue weighted by atomic mass is 35.5. The minimum Gasteiger partial charge on any atom is -0.423 e. The molecule has 3 rings (SSSR count). The van der Waals surface area contributed by atoms with E-state index in [1.165, 1.54) is 15.8 Å². The monoisotopic (exact) mass is 346 g/mol. The van der Waals surface area contributed by atoms with Gasteiger partial charge in [0.2, 0.25) is 0 Å². The normalized spacial score (nSPS) is 11.0. The molecular formula is C17H11ClO2S2. The Balaban J connectivity index is 1.64. The van der Waals surface area contributed by atoms with Gasteiger partial charge in [0.05, 0.1) is 0 Å². The summed E-state index contributed by atoms with van der Waals surface area (Å²) in [5, 5.41) is 2.66. The summed E-state index contributed by atoms with van der Waals surface area (Å²) >= 11 is 9.12. The largest absolute Gasteiger partial charge is 0.423 e. The summed E-state index contributed by atoms with van der Waals surface area (Å²) in [6, 6.07) is 14.8. The standard InChI is InChI=1S/C17H11ClO2S2/c18-12-3-5-13(6-4-12)20-17(19)10-8-14-7-9-16(22-14)15-2-1-11-21-15/h1-11H/b10-8+. The third-order valence-corrected chi connectivity index (χ3v) is 5.17. The molecule has 1 aromatic carbocycles. The zero-order valence-corrected chi connectivity index (χ0v) is 13.8.